The van der Waals surface area contributed by atoms with E-state index in [-0.39, 0.29) is 35.5 Å². The molecule has 68 valence electrons. The van der Waals surface area contributed by atoms with Crippen molar-refractivity contribution in [1.82, 2.24) is 0 Å². The molecule has 0 heterocycles. The summed E-state index contributed by atoms with van der Waals surface area (Å²) in [5.74, 6) is 0. The number of rotatable bonds is 3. The number of aryl methyl sites for hydroxylation is 1. The van der Waals surface area contributed by atoms with Crippen molar-refractivity contribution in [2.45, 2.75) is 26.2 Å². The first-order valence-electron chi connectivity index (χ1n) is 4.24. The number of unbranched alkanes of at least 4 members (excludes halogenated alkanes) is 1. The maximum Gasteiger partial charge on any atom is 2.00 e. The van der Waals surface area contributed by atoms with E-state index in [0.29, 0.717) is 0 Å². The average Bonchev–Trinajstić information content (AvgIpc) is 2.03. The van der Waals surface area contributed by atoms with Gasteiger partial charge in [0.05, 0.1) is 0 Å². The Balaban J connectivity index is 0. The number of hydrogen-bond donors (Lipinski definition) is 0. The van der Waals surface area contributed by atoms with Gasteiger partial charge in [0.15, 0.2) is 0 Å². The Morgan fingerprint density at radius 1 is 1.23 bits per heavy atom. The molecule has 0 saturated heterocycles. The Labute approximate surface area is 104 Å². The van der Waals surface area contributed by atoms with Gasteiger partial charge in [0.1, 0.15) is 0 Å². The van der Waals surface area contributed by atoms with Crippen molar-refractivity contribution < 1.29 is 12.4 Å². The minimum Gasteiger partial charge on any atom is -1.00 e. The van der Waals surface area contributed by atoms with Crippen molar-refractivity contribution in [1.29, 1.82) is 0 Å². The van der Waals surface area contributed by atoms with E-state index in [9.17, 15) is 0 Å². The zero-order valence-corrected chi connectivity index (χ0v) is 10.4. The van der Waals surface area contributed by atoms with Crippen LogP contribution in [0.2, 0.25) is 0 Å². The summed E-state index contributed by atoms with van der Waals surface area (Å²) in [6.45, 7) is 6.19. The molecule has 0 atom stereocenters. The van der Waals surface area contributed by atoms with Gasteiger partial charge in [0, 0.05) is 0 Å². The second kappa shape index (κ2) is 8.73. The summed E-state index contributed by atoms with van der Waals surface area (Å²) < 4.78 is 0. The van der Waals surface area contributed by atoms with Gasteiger partial charge in [-0.2, -0.15) is 18.6 Å². The third kappa shape index (κ3) is 5.45. The molecule has 0 aliphatic carbocycles. The smallest absolute Gasteiger partial charge is 1.00 e. The molecule has 0 N–H and O–H groups in total. The summed E-state index contributed by atoms with van der Waals surface area (Å²) in [5, 5.41) is 0. The van der Waals surface area contributed by atoms with Gasteiger partial charge in [-0.25, -0.2) is 0 Å². The van der Waals surface area contributed by atoms with Crippen LogP contribution in [-0.4, -0.2) is 23.1 Å². The Kier molecular flexibility index (Phi) is 10.5. The first-order valence-corrected chi connectivity index (χ1v) is 4.24. The van der Waals surface area contributed by atoms with Crippen LogP contribution in [0, 0.1) is 6.92 Å². The standard InChI is InChI=1S/C11H15.ClH.Mg/c1-3-4-8-11-9-6-5-7-10(11)2;;/h5-7,9H,2-4,8H2,1H3;1H;/q-1;;+2/p-1. The Morgan fingerprint density at radius 3 is 2.38 bits per heavy atom. The van der Waals surface area contributed by atoms with Crippen LogP contribution in [0.25, 0.3) is 0 Å². The van der Waals surface area contributed by atoms with Crippen LogP contribution < -0.4 is 12.4 Å². The predicted molar refractivity (Wildman–Crippen MR) is 55.3 cm³/mol. The third-order valence-corrected chi connectivity index (χ3v) is 1.92. The van der Waals surface area contributed by atoms with E-state index in [1.165, 1.54) is 30.4 Å². The molecule has 0 bridgehead atoms. The summed E-state index contributed by atoms with van der Waals surface area (Å²) in [6, 6.07) is 8.36. The molecule has 2 heteroatoms. The van der Waals surface area contributed by atoms with Gasteiger partial charge in [-0.1, -0.05) is 32.3 Å². The van der Waals surface area contributed by atoms with E-state index in [1.54, 1.807) is 0 Å². The normalized spacial score (nSPS) is 8.38. The van der Waals surface area contributed by atoms with Crippen molar-refractivity contribution in [2.75, 3.05) is 0 Å². The van der Waals surface area contributed by atoms with Crippen molar-refractivity contribution in [3.63, 3.8) is 0 Å². The van der Waals surface area contributed by atoms with Crippen molar-refractivity contribution in [3.05, 3.63) is 42.3 Å². The Morgan fingerprint density at radius 2 is 1.85 bits per heavy atom. The molecule has 13 heavy (non-hydrogen) atoms. The van der Waals surface area contributed by atoms with Crippen LogP contribution in [0.4, 0.5) is 0 Å². The minimum absolute atomic E-state index is 0. The second-order valence-corrected chi connectivity index (χ2v) is 2.87. The van der Waals surface area contributed by atoms with E-state index in [4.69, 9.17) is 0 Å². The first kappa shape index (κ1) is 15.6. The van der Waals surface area contributed by atoms with Crippen LogP contribution in [0.5, 0.6) is 0 Å². The molecule has 1 aromatic rings. The average molecular weight is 207 g/mol. The molecule has 0 aliphatic heterocycles. The Hall–Kier alpha value is 0.146. The molecule has 0 fully saturated rings. The van der Waals surface area contributed by atoms with Gasteiger partial charge in [0.25, 0.3) is 0 Å². The molecule has 0 aromatic heterocycles. The van der Waals surface area contributed by atoms with E-state index < -0.39 is 0 Å². The summed E-state index contributed by atoms with van der Waals surface area (Å²) in [7, 11) is 0. The van der Waals surface area contributed by atoms with Gasteiger partial charge < -0.3 is 12.4 Å². The van der Waals surface area contributed by atoms with Crippen molar-refractivity contribution >= 4 is 23.1 Å². The summed E-state index contributed by atoms with van der Waals surface area (Å²) in [5.41, 5.74) is 2.58. The van der Waals surface area contributed by atoms with Gasteiger partial charge in [-0.3, -0.25) is 0 Å². The number of halogens is 1. The molecule has 0 aliphatic rings. The molecule has 0 amide bonds. The summed E-state index contributed by atoms with van der Waals surface area (Å²) in [6.07, 6.45) is 3.71. The molecule has 0 spiro atoms. The molecule has 0 unspecified atom stereocenters. The Bertz CT molecular complexity index is 223. The molecule has 0 nitrogen and oxygen atoms in total. The molecular weight excluding hydrogens is 192 g/mol. The summed E-state index contributed by atoms with van der Waals surface area (Å²) >= 11 is 0. The fraction of sp³-hybridized carbons (Fsp3) is 0.364. The van der Waals surface area contributed by atoms with Crippen LogP contribution >= 0.6 is 0 Å². The van der Waals surface area contributed by atoms with Crippen LogP contribution in [-0.2, 0) is 6.42 Å². The SMILES string of the molecule is [CH2-]c1ccccc1CCCC.[Cl-].[Mg+2]. The molecule has 0 radical (unpaired) electrons. The second-order valence-electron chi connectivity index (χ2n) is 2.87. The monoisotopic (exact) mass is 206 g/mol. The molecule has 1 aromatic carbocycles. The molecular formula is C11H15ClMg. The fourth-order valence-corrected chi connectivity index (χ4v) is 1.17. The minimum atomic E-state index is 0. The predicted octanol–water partition coefficient (Wildman–Crippen LogP) is -0.165. The van der Waals surface area contributed by atoms with Crippen LogP contribution in [0.3, 0.4) is 0 Å². The maximum absolute atomic E-state index is 3.97. The topological polar surface area (TPSA) is 0 Å². The van der Waals surface area contributed by atoms with Crippen LogP contribution in [0.1, 0.15) is 30.9 Å². The van der Waals surface area contributed by atoms with Gasteiger partial charge in [0.2, 0.25) is 0 Å². The van der Waals surface area contributed by atoms with Gasteiger partial charge >= 0.3 is 23.1 Å². The van der Waals surface area contributed by atoms with Crippen LogP contribution in [0.15, 0.2) is 24.3 Å². The van der Waals surface area contributed by atoms with Gasteiger partial charge in [-0.05, 0) is 0 Å². The van der Waals surface area contributed by atoms with E-state index in [1.807, 2.05) is 6.07 Å². The quantitative estimate of drug-likeness (QED) is 0.477. The molecule has 1 rings (SSSR count). The third-order valence-electron chi connectivity index (χ3n) is 1.92. The first-order chi connectivity index (χ1) is 5.34. The largest absolute Gasteiger partial charge is 2.00 e. The maximum atomic E-state index is 3.97. The number of hydrogen-bond acceptors (Lipinski definition) is 0. The van der Waals surface area contributed by atoms with E-state index in [2.05, 4.69) is 32.0 Å². The zero-order chi connectivity index (χ0) is 8.10. The zero-order valence-electron chi connectivity index (χ0n) is 8.22. The molecule has 0 saturated carbocycles. The van der Waals surface area contributed by atoms with Crippen molar-refractivity contribution in [2.24, 2.45) is 0 Å². The van der Waals surface area contributed by atoms with E-state index in [0.717, 1.165) is 0 Å². The fourth-order valence-electron chi connectivity index (χ4n) is 1.17. The van der Waals surface area contributed by atoms with E-state index >= 15 is 0 Å². The van der Waals surface area contributed by atoms with Crippen molar-refractivity contribution in [3.8, 4) is 0 Å². The van der Waals surface area contributed by atoms with Gasteiger partial charge in [-0.15, -0.1) is 17.7 Å². The number of benzene rings is 1. The summed E-state index contributed by atoms with van der Waals surface area (Å²) in [4.78, 5) is 0.